The molecule has 1 heterocycles. The molecule has 0 aliphatic rings. The molecule has 0 radical (unpaired) electrons. The highest BCUT2D eigenvalue weighted by molar-refractivity contribution is 5.92. The number of nitrogens with zero attached hydrogens (tertiary/aromatic N) is 1. The van der Waals surface area contributed by atoms with Gasteiger partial charge in [0.05, 0.1) is 19.0 Å². The lowest BCUT2D eigenvalue weighted by atomic mass is 10.1. The van der Waals surface area contributed by atoms with Crippen LogP contribution in [0.4, 0.5) is 5.69 Å². The third-order valence-corrected chi connectivity index (χ3v) is 4.25. The Morgan fingerprint density at radius 2 is 1.78 bits per heavy atom. The number of rotatable bonds is 7. The topological polar surface area (TPSA) is 63.2 Å². The number of carbonyl (C=O) groups is 1. The molecule has 1 aromatic heterocycles. The number of carbonyl (C=O) groups excluding carboxylic acids is 1. The van der Waals surface area contributed by atoms with E-state index in [4.69, 9.17) is 4.74 Å². The van der Waals surface area contributed by atoms with Crippen LogP contribution in [0.5, 0.6) is 5.75 Å². The summed E-state index contributed by atoms with van der Waals surface area (Å²) in [6.45, 7) is 3.13. The lowest BCUT2D eigenvalue weighted by molar-refractivity contribution is 0.0946. The van der Waals surface area contributed by atoms with Crippen LogP contribution in [0.25, 0.3) is 0 Å². The van der Waals surface area contributed by atoms with Crippen molar-refractivity contribution in [3.63, 3.8) is 0 Å². The highest BCUT2D eigenvalue weighted by atomic mass is 16.5. The fourth-order valence-electron chi connectivity index (χ4n) is 2.66. The van der Waals surface area contributed by atoms with Gasteiger partial charge in [0.25, 0.3) is 5.91 Å². The molecular formula is C22H23N3O2. The Morgan fingerprint density at radius 3 is 2.48 bits per heavy atom. The molecule has 138 valence electrons. The van der Waals surface area contributed by atoms with E-state index in [1.807, 2.05) is 61.5 Å². The summed E-state index contributed by atoms with van der Waals surface area (Å²) in [6.07, 6.45) is 1.66. The van der Waals surface area contributed by atoms with Crippen molar-refractivity contribution >= 4 is 11.6 Å². The van der Waals surface area contributed by atoms with Gasteiger partial charge in [-0.3, -0.25) is 4.79 Å². The average molecular weight is 361 g/mol. The van der Waals surface area contributed by atoms with Crippen molar-refractivity contribution in [3.05, 3.63) is 89.2 Å². The molecule has 0 spiro atoms. The molecule has 0 saturated carbocycles. The van der Waals surface area contributed by atoms with Crippen LogP contribution in [0.3, 0.4) is 0 Å². The van der Waals surface area contributed by atoms with Crippen LogP contribution in [-0.4, -0.2) is 18.0 Å². The Labute approximate surface area is 159 Å². The SMILES string of the molecule is COc1ccccc1CNc1ccc(C(=O)NCc2ccc(C)cc2)nc1. The van der Waals surface area contributed by atoms with Gasteiger partial charge in [-0.2, -0.15) is 0 Å². The van der Waals surface area contributed by atoms with Crippen LogP contribution in [0.15, 0.2) is 66.9 Å². The number of methoxy groups -OCH3 is 1. The fraction of sp³-hybridized carbons (Fsp3) is 0.182. The van der Waals surface area contributed by atoms with E-state index in [1.54, 1.807) is 19.4 Å². The molecule has 3 rings (SSSR count). The lowest BCUT2D eigenvalue weighted by Gasteiger charge is -2.10. The van der Waals surface area contributed by atoms with Gasteiger partial charge in [0.15, 0.2) is 0 Å². The standard InChI is InChI=1S/C22H23N3O2/c1-16-7-9-17(10-8-16)13-25-22(26)20-12-11-19(15-24-20)23-14-18-5-3-4-6-21(18)27-2/h3-12,15,23H,13-14H2,1-2H3,(H,25,26). The first-order valence-electron chi connectivity index (χ1n) is 8.81. The van der Waals surface area contributed by atoms with E-state index in [0.717, 1.165) is 22.6 Å². The predicted molar refractivity (Wildman–Crippen MR) is 107 cm³/mol. The third kappa shape index (κ3) is 5.07. The van der Waals surface area contributed by atoms with Crippen molar-refractivity contribution < 1.29 is 9.53 Å². The summed E-state index contributed by atoms with van der Waals surface area (Å²) >= 11 is 0. The maximum Gasteiger partial charge on any atom is 0.270 e. The zero-order chi connectivity index (χ0) is 19.1. The van der Waals surface area contributed by atoms with Gasteiger partial charge < -0.3 is 15.4 Å². The van der Waals surface area contributed by atoms with Crippen molar-refractivity contribution in [1.29, 1.82) is 0 Å². The largest absolute Gasteiger partial charge is 0.496 e. The Bertz CT molecular complexity index is 890. The van der Waals surface area contributed by atoms with Gasteiger partial charge in [0.2, 0.25) is 0 Å². The van der Waals surface area contributed by atoms with Gasteiger partial charge in [-0.1, -0.05) is 48.0 Å². The molecule has 2 N–H and O–H groups in total. The van der Waals surface area contributed by atoms with Gasteiger partial charge >= 0.3 is 0 Å². The Kier molecular flexibility index (Phi) is 6.05. The van der Waals surface area contributed by atoms with Crippen molar-refractivity contribution in [2.24, 2.45) is 0 Å². The molecule has 1 amide bonds. The number of para-hydroxylation sites is 1. The molecule has 27 heavy (non-hydrogen) atoms. The highest BCUT2D eigenvalue weighted by Crippen LogP contribution is 2.18. The van der Waals surface area contributed by atoms with Gasteiger partial charge in [-0.25, -0.2) is 4.98 Å². The van der Waals surface area contributed by atoms with Crippen molar-refractivity contribution in [3.8, 4) is 5.75 Å². The minimum absolute atomic E-state index is 0.188. The van der Waals surface area contributed by atoms with Crippen LogP contribution >= 0.6 is 0 Å². The number of ether oxygens (including phenoxy) is 1. The van der Waals surface area contributed by atoms with E-state index < -0.39 is 0 Å². The number of amides is 1. The smallest absolute Gasteiger partial charge is 0.270 e. The number of pyridine rings is 1. The molecule has 0 bridgehead atoms. The quantitative estimate of drug-likeness (QED) is 0.669. The molecular weight excluding hydrogens is 338 g/mol. The van der Waals surface area contributed by atoms with E-state index in [1.165, 1.54) is 5.56 Å². The van der Waals surface area contributed by atoms with Crippen LogP contribution in [0.1, 0.15) is 27.2 Å². The first-order valence-corrected chi connectivity index (χ1v) is 8.81. The van der Waals surface area contributed by atoms with E-state index in [0.29, 0.717) is 18.8 Å². The van der Waals surface area contributed by atoms with Gasteiger partial charge in [-0.15, -0.1) is 0 Å². The number of aromatic nitrogens is 1. The molecule has 0 fully saturated rings. The second-order valence-electron chi connectivity index (χ2n) is 6.27. The molecule has 0 aliphatic carbocycles. The number of anilines is 1. The van der Waals surface area contributed by atoms with Gasteiger partial charge in [0.1, 0.15) is 11.4 Å². The molecule has 2 aromatic carbocycles. The van der Waals surface area contributed by atoms with Crippen LogP contribution in [0, 0.1) is 6.92 Å². The minimum atomic E-state index is -0.188. The molecule has 3 aromatic rings. The van der Waals surface area contributed by atoms with Crippen LogP contribution in [-0.2, 0) is 13.1 Å². The molecule has 5 heteroatoms. The summed E-state index contributed by atoms with van der Waals surface area (Å²) in [5.74, 6) is 0.650. The zero-order valence-electron chi connectivity index (χ0n) is 15.5. The third-order valence-electron chi connectivity index (χ3n) is 4.25. The number of benzene rings is 2. The predicted octanol–water partition coefficient (Wildman–Crippen LogP) is 3.94. The molecule has 0 atom stereocenters. The van der Waals surface area contributed by atoms with E-state index in [-0.39, 0.29) is 5.91 Å². The zero-order valence-corrected chi connectivity index (χ0v) is 15.5. The summed E-state index contributed by atoms with van der Waals surface area (Å²) in [4.78, 5) is 16.5. The summed E-state index contributed by atoms with van der Waals surface area (Å²) < 4.78 is 5.35. The Balaban J connectivity index is 1.54. The summed E-state index contributed by atoms with van der Waals surface area (Å²) in [5.41, 5.74) is 4.55. The summed E-state index contributed by atoms with van der Waals surface area (Å²) in [6, 6.07) is 19.5. The number of nitrogens with one attached hydrogen (secondary N) is 2. The van der Waals surface area contributed by atoms with Crippen molar-refractivity contribution in [2.75, 3.05) is 12.4 Å². The maximum atomic E-state index is 12.2. The molecule has 0 unspecified atom stereocenters. The second-order valence-corrected chi connectivity index (χ2v) is 6.27. The number of aryl methyl sites for hydroxylation is 1. The van der Waals surface area contributed by atoms with Crippen molar-refractivity contribution in [2.45, 2.75) is 20.0 Å². The average Bonchev–Trinajstić information content (AvgIpc) is 2.72. The molecule has 0 aliphatic heterocycles. The fourth-order valence-corrected chi connectivity index (χ4v) is 2.66. The van der Waals surface area contributed by atoms with Gasteiger partial charge in [-0.05, 0) is 30.7 Å². The first kappa shape index (κ1) is 18.5. The Morgan fingerprint density at radius 1 is 1.00 bits per heavy atom. The summed E-state index contributed by atoms with van der Waals surface area (Å²) in [5, 5.41) is 6.18. The van der Waals surface area contributed by atoms with E-state index in [2.05, 4.69) is 15.6 Å². The minimum Gasteiger partial charge on any atom is -0.496 e. The van der Waals surface area contributed by atoms with Crippen LogP contribution < -0.4 is 15.4 Å². The Hall–Kier alpha value is -3.34. The maximum absolute atomic E-state index is 12.2. The number of hydrogen-bond donors (Lipinski definition) is 2. The molecule has 5 nitrogen and oxygen atoms in total. The second kappa shape index (κ2) is 8.85. The van der Waals surface area contributed by atoms with E-state index in [9.17, 15) is 4.79 Å². The molecule has 0 saturated heterocycles. The highest BCUT2D eigenvalue weighted by Gasteiger charge is 2.07. The van der Waals surface area contributed by atoms with Crippen molar-refractivity contribution in [1.82, 2.24) is 10.3 Å². The monoisotopic (exact) mass is 361 g/mol. The van der Waals surface area contributed by atoms with Gasteiger partial charge in [0, 0.05) is 18.7 Å². The lowest BCUT2D eigenvalue weighted by Crippen LogP contribution is -2.23. The first-order chi connectivity index (χ1) is 13.2. The van der Waals surface area contributed by atoms with Crippen LogP contribution in [0.2, 0.25) is 0 Å². The number of hydrogen-bond acceptors (Lipinski definition) is 4. The summed E-state index contributed by atoms with van der Waals surface area (Å²) in [7, 11) is 1.66. The normalized spacial score (nSPS) is 10.3. The van der Waals surface area contributed by atoms with E-state index >= 15 is 0 Å².